The molecule has 1 aliphatic rings. The second kappa shape index (κ2) is 3.04. The summed E-state index contributed by atoms with van der Waals surface area (Å²) in [5.41, 5.74) is 7.95. The molecule has 2 nitrogen and oxygen atoms in total. The fourth-order valence-corrected chi connectivity index (χ4v) is 2.11. The van der Waals surface area contributed by atoms with Crippen molar-refractivity contribution in [3.05, 3.63) is 28.3 Å². The average molecular weight is 196 g/mol. The lowest BCUT2D eigenvalue weighted by molar-refractivity contribution is 0.0972. The van der Waals surface area contributed by atoms with Crippen LogP contribution in [0.1, 0.15) is 28.8 Å². The Balaban J connectivity index is 2.63. The van der Waals surface area contributed by atoms with Crippen molar-refractivity contribution in [3.8, 4) is 0 Å². The van der Waals surface area contributed by atoms with Gasteiger partial charge in [-0.3, -0.25) is 4.79 Å². The van der Waals surface area contributed by atoms with Crippen LogP contribution in [0, 0.1) is 0 Å². The van der Waals surface area contributed by atoms with Crippen LogP contribution >= 0.6 is 11.6 Å². The fraction of sp³-hybridized carbons (Fsp3) is 0.300. The highest BCUT2D eigenvalue weighted by molar-refractivity contribution is 6.34. The maximum absolute atomic E-state index is 11.5. The Bertz CT molecular complexity index is 373. The number of nitrogen functional groups attached to an aromatic ring is 1. The number of ketones is 1. The number of carbonyl (C=O) groups is 1. The number of benzene rings is 1. The summed E-state index contributed by atoms with van der Waals surface area (Å²) in [5.74, 6) is 0.145. The predicted octanol–water partition coefficient (Wildman–Crippen LogP) is 2.44. The Kier molecular flexibility index (Phi) is 2.00. The van der Waals surface area contributed by atoms with E-state index in [1.807, 2.05) is 6.07 Å². The number of anilines is 1. The molecule has 13 heavy (non-hydrogen) atoms. The van der Waals surface area contributed by atoms with Crippen molar-refractivity contribution in [2.24, 2.45) is 0 Å². The van der Waals surface area contributed by atoms with E-state index >= 15 is 0 Å². The zero-order valence-corrected chi connectivity index (χ0v) is 7.90. The molecule has 0 aliphatic heterocycles. The van der Waals surface area contributed by atoms with Crippen LogP contribution < -0.4 is 5.73 Å². The number of hydrogen-bond acceptors (Lipinski definition) is 2. The Hall–Kier alpha value is -1.02. The van der Waals surface area contributed by atoms with Crippen LogP contribution in [0.4, 0.5) is 5.69 Å². The van der Waals surface area contributed by atoms with Crippen molar-refractivity contribution in [1.29, 1.82) is 0 Å². The molecule has 2 rings (SSSR count). The lowest BCUT2D eigenvalue weighted by atomic mass is 9.90. The zero-order valence-electron chi connectivity index (χ0n) is 7.14. The van der Waals surface area contributed by atoms with Crippen LogP contribution in [0.3, 0.4) is 0 Å². The largest absolute Gasteiger partial charge is 0.399 e. The first kappa shape index (κ1) is 8.57. The normalized spacial score (nSPS) is 15.6. The van der Waals surface area contributed by atoms with Crippen LogP contribution in [0.5, 0.6) is 0 Å². The lowest BCUT2D eigenvalue weighted by Gasteiger charge is -2.16. The van der Waals surface area contributed by atoms with E-state index < -0.39 is 0 Å². The van der Waals surface area contributed by atoms with Crippen molar-refractivity contribution < 1.29 is 4.79 Å². The van der Waals surface area contributed by atoms with Gasteiger partial charge in [0.2, 0.25) is 0 Å². The van der Waals surface area contributed by atoms with Gasteiger partial charge in [0.05, 0.1) is 5.02 Å². The molecular weight excluding hydrogens is 186 g/mol. The molecule has 0 radical (unpaired) electrons. The molecule has 1 aromatic rings. The average Bonchev–Trinajstić information content (AvgIpc) is 2.02. The third-order valence-corrected chi connectivity index (χ3v) is 2.62. The Labute approximate surface area is 81.7 Å². The molecule has 1 aliphatic carbocycles. The van der Waals surface area contributed by atoms with Crippen LogP contribution in [0.25, 0.3) is 0 Å². The van der Waals surface area contributed by atoms with Gasteiger partial charge in [0.1, 0.15) is 0 Å². The van der Waals surface area contributed by atoms with Gasteiger partial charge in [-0.2, -0.15) is 0 Å². The van der Waals surface area contributed by atoms with Gasteiger partial charge in [-0.15, -0.1) is 0 Å². The van der Waals surface area contributed by atoms with E-state index in [1.165, 1.54) is 0 Å². The Morgan fingerprint density at radius 2 is 2.08 bits per heavy atom. The molecule has 0 unspecified atom stereocenters. The second-order valence-electron chi connectivity index (χ2n) is 3.31. The van der Waals surface area contributed by atoms with Gasteiger partial charge in [-0.1, -0.05) is 11.6 Å². The molecule has 0 heterocycles. The summed E-state index contributed by atoms with van der Waals surface area (Å²) in [6.07, 6.45) is 2.42. The number of nitrogens with two attached hydrogens (primary N) is 1. The number of fused-ring (bicyclic) bond motifs is 1. The van der Waals surface area contributed by atoms with Crippen molar-refractivity contribution in [2.45, 2.75) is 19.3 Å². The maximum Gasteiger partial charge on any atom is 0.164 e. The predicted molar refractivity (Wildman–Crippen MR) is 53.1 cm³/mol. The minimum absolute atomic E-state index is 0.145. The molecule has 0 spiro atoms. The molecule has 3 heteroatoms. The van der Waals surface area contributed by atoms with E-state index in [1.54, 1.807) is 6.07 Å². The first-order valence-electron chi connectivity index (χ1n) is 4.29. The number of hydrogen-bond donors (Lipinski definition) is 1. The second-order valence-corrected chi connectivity index (χ2v) is 3.72. The Morgan fingerprint density at radius 3 is 2.85 bits per heavy atom. The third-order valence-electron chi connectivity index (χ3n) is 2.32. The number of rotatable bonds is 0. The maximum atomic E-state index is 11.5. The van der Waals surface area contributed by atoms with Crippen LogP contribution in [-0.2, 0) is 6.42 Å². The van der Waals surface area contributed by atoms with Crippen LogP contribution in [0.15, 0.2) is 12.1 Å². The van der Waals surface area contributed by atoms with E-state index in [0.717, 1.165) is 18.4 Å². The minimum atomic E-state index is 0.145. The van der Waals surface area contributed by atoms with Gasteiger partial charge in [0.25, 0.3) is 0 Å². The molecule has 0 aromatic heterocycles. The summed E-state index contributed by atoms with van der Waals surface area (Å²) in [6.45, 7) is 0. The van der Waals surface area contributed by atoms with E-state index in [2.05, 4.69) is 0 Å². The molecule has 0 saturated heterocycles. The van der Waals surface area contributed by atoms with Crippen molar-refractivity contribution in [2.75, 3.05) is 5.73 Å². The van der Waals surface area contributed by atoms with Crippen molar-refractivity contribution >= 4 is 23.1 Å². The van der Waals surface area contributed by atoms with E-state index in [0.29, 0.717) is 22.7 Å². The molecule has 0 atom stereocenters. The molecule has 1 aromatic carbocycles. The van der Waals surface area contributed by atoms with Crippen molar-refractivity contribution in [1.82, 2.24) is 0 Å². The van der Waals surface area contributed by atoms with Gasteiger partial charge in [0, 0.05) is 17.7 Å². The Morgan fingerprint density at radius 1 is 1.31 bits per heavy atom. The standard InChI is InChI=1S/C10H10ClNO/c11-8-5-7(12)4-6-2-1-3-9(13)10(6)8/h4-5H,1-3,12H2. The highest BCUT2D eigenvalue weighted by atomic mass is 35.5. The smallest absolute Gasteiger partial charge is 0.164 e. The summed E-state index contributed by atoms with van der Waals surface area (Å²) in [4.78, 5) is 11.5. The molecule has 0 fully saturated rings. The van der Waals surface area contributed by atoms with Gasteiger partial charge >= 0.3 is 0 Å². The van der Waals surface area contributed by atoms with Gasteiger partial charge < -0.3 is 5.73 Å². The molecule has 0 amide bonds. The zero-order chi connectivity index (χ0) is 9.42. The summed E-state index contributed by atoms with van der Waals surface area (Å²) < 4.78 is 0. The summed E-state index contributed by atoms with van der Waals surface area (Å²) in [6, 6.07) is 3.49. The topological polar surface area (TPSA) is 43.1 Å². The number of carbonyl (C=O) groups excluding carboxylic acids is 1. The summed E-state index contributed by atoms with van der Waals surface area (Å²) in [7, 11) is 0. The first-order valence-corrected chi connectivity index (χ1v) is 4.67. The lowest BCUT2D eigenvalue weighted by Crippen LogP contribution is -2.11. The van der Waals surface area contributed by atoms with Gasteiger partial charge in [-0.25, -0.2) is 0 Å². The third kappa shape index (κ3) is 1.42. The highest BCUT2D eigenvalue weighted by Gasteiger charge is 2.20. The first-order chi connectivity index (χ1) is 6.18. The van der Waals surface area contributed by atoms with Crippen LogP contribution in [-0.4, -0.2) is 5.78 Å². The van der Waals surface area contributed by atoms with Crippen molar-refractivity contribution in [3.63, 3.8) is 0 Å². The molecule has 0 bridgehead atoms. The monoisotopic (exact) mass is 195 g/mol. The quantitative estimate of drug-likeness (QED) is 0.647. The minimum Gasteiger partial charge on any atom is -0.399 e. The van der Waals surface area contributed by atoms with Gasteiger partial charge in [0.15, 0.2) is 5.78 Å². The summed E-state index contributed by atoms with van der Waals surface area (Å²) >= 11 is 5.94. The number of halogens is 1. The van der Waals surface area contributed by atoms with Crippen LogP contribution in [0.2, 0.25) is 5.02 Å². The number of Topliss-reactive ketones (excluding diaryl/α,β-unsaturated/α-hetero) is 1. The highest BCUT2D eigenvalue weighted by Crippen LogP contribution is 2.29. The fourth-order valence-electron chi connectivity index (χ4n) is 1.76. The molecule has 0 saturated carbocycles. The van der Waals surface area contributed by atoms with Gasteiger partial charge in [-0.05, 0) is 30.5 Å². The number of aryl methyl sites for hydroxylation is 1. The van der Waals surface area contributed by atoms with E-state index in [4.69, 9.17) is 17.3 Å². The SMILES string of the molecule is Nc1cc(Cl)c2c(c1)CCCC2=O. The molecular formula is C10H10ClNO. The summed E-state index contributed by atoms with van der Waals surface area (Å²) in [5, 5.41) is 0.500. The van der Waals surface area contributed by atoms with E-state index in [9.17, 15) is 4.79 Å². The molecule has 2 N–H and O–H groups in total. The molecule has 68 valence electrons. The van der Waals surface area contributed by atoms with E-state index in [-0.39, 0.29) is 5.78 Å².